The molecule has 1 atom stereocenters. The molecule has 0 heterocycles. The SMILES string of the molecule is Cc1cccc(NC(=O)[C@@H](Cc2ccccc2)NC(=O)OCc2ccccc2)c1C. The molecule has 0 spiro atoms. The average Bonchev–Trinajstić information content (AvgIpc) is 2.76. The van der Waals surface area contributed by atoms with Crippen LogP contribution in [0.2, 0.25) is 0 Å². The Morgan fingerprint density at radius 3 is 2.13 bits per heavy atom. The fraction of sp³-hybridized carbons (Fsp3) is 0.200. The number of nitrogens with one attached hydrogen (secondary N) is 2. The zero-order valence-corrected chi connectivity index (χ0v) is 17.2. The van der Waals surface area contributed by atoms with Gasteiger partial charge in [0.1, 0.15) is 12.6 Å². The van der Waals surface area contributed by atoms with Crippen molar-refractivity contribution in [3.63, 3.8) is 0 Å². The van der Waals surface area contributed by atoms with E-state index in [9.17, 15) is 9.59 Å². The van der Waals surface area contributed by atoms with E-state index in [1.165, 1.54) is 0 Å². The van der Waals surface area contributed by atoms with E-state index in [2.05, 4.69) is 10.6 Å². The standard InChI is InChI=1S/C25H26N2O3/c1-18-10-9-15-22(19(18)2)26-24(28)23(16-20-11-5-3-6-12-20)27-25(29)30-17-21-13-7-4-8-14-21/h3-15,23H,16-17H2,1-2H3,(H,26,28)(H,27,29)/t23-/m1/s1. The van der Waals surface area contributed by atoms with Crippen LogP contribution in [0, 0.1) is 13.8 Å². The quantitative estimate of drug-likeness (QED) is 0.598. The van der Waals surface area contributed by atoms with Gasteiger partial charge in [0.25, 0.3) is 0 Å². The number of amides is 2. The van der Waals surface area contributed by atoms with Gasteiger partial charge in [-0.15, -0.1) is 0 Å². The van der Waals surface area contributed by atoms with Crippen molar-refractivity contribution in [1.29, 1.82) is 0 Å². The number of carbonyl (C=O) groups excluding carboxylic acids is 2. The molecule has 154 valence electrons. The second-order valence-corrected chi connectivity index (χ2v) is 7.19. The highest BCUT2D eigenvalue weighted by molar-refractivity contribution is 5.97. The largest absolute Gasteiger partial charge is 0.445 e. The Bertz CT molecular complexity index is 988. The van der Waals surface area contributed by atoms with Crippen LogP contribution in [-0.2, 0) is 22.6 Å². The van der Waals surface area contributed by atoms with Gasteiger partial charge in [-0.3, -0.25) is 4.79 Å². The van der Waals surface area contributed by atoms with Crippen LogP contribution >= 0.6 is 0 Å². The first-order chi connectivity index (χ1) is 14.5. The van der Waals surface area contributed by atoms with Crippen molar-refractivity contribution < 1.29 is 14.3 Å². The molecule has 0 bridgehead atoms. The van der Waals surface area contributed by atoms with Crippen LogP contribution in [0.4, 0.5) is 10.5 Å². The summed E-state index contributed by atoms with van der Waals surface area (Å²) in [7, 11) is 0. The molecule has 0 fully saturated rings. The molecule has 2 N–H and O–H groups in total. The molecule has 0 aliphatic rings. The molecule has 3 aromatic carbocycles. The van der Waals surface area contributed by atoms with E-state index < -0.39 is 12.1 Å². The van der Waals surface area contributed by atoms with E-state index in [0.29, 0.717) is 6.42 Å². The minimum Gasteiger partial charge on any atom is -0.445 e. The van der Waals surface area contributed by atoms with Crippen molar-refractivity contribution in [2.75, 3.05) is 5.32 Å². The lowest BCUT2D eigenvalue weighted by Crippen LogP contribution is -2.45. The molecule has 5 nitrogen and oxygen atoms in total. The summed E-state index contributed by atoms with van der Waals surface area (Å²) in [5.74, 6) is -0.288. The van der Waals surface area contributed by atoms with E-state index in [-0.39, 0.29) is 12.5 Å². The summed E-state index contributed by atoms with van der Waals surface area (Å²) in [4.78, 5) is 25.4. The highest BCUT2D eigenvalue weighted by Crippen LogP contribution is 2.18. The number of carbonyl (C=O) groups is 2. The van der Waals surface area contributed by atoms with Crippen LogP contribution in [-0.4, -0.2) is 18.0 Å². The molecule has 3 aromatic rings. The molecule has 0 aliphatic heterocycles. The third-order valence-electron chi connectivity index (χ3n) is 4.97. The fourth-order valence-corrected chi connectivity index (χ4v) is 3.07. The number of alkyl carbamates (subject to hydrolysis) is 1. The Kier molecular flexibility index (Phi) is 7.22. The number of hydrogen-bond acceptors (Lipinski definition) is 3. The number of benzene rings is 3. The van der Waals surface area contributed by atoms with Crippen LogP contribution in [0.25, 0.3) is 0 Å². The van der Waals surface area contributed by atoms with E-state index in [4.69, 9.17) is 4.74 Å². The smallest absolute Gasteiger partial charge is 0.408 e. The number of ether oxygens (including phenoxy) is 1. The van der Waals surface area contributed by atoms with Crippen LogP contribution in [0.15, 0.2) is 78.9 Å². The van der Waals surface area contributed by atoms with Crippen molar-refractivity contribution in [3.8, 4) is 0 Å². The van der Waals surface area contributed by atoms with Gasteiger partial charge in [-0.2, -0.15) is 0 Å². The van der Waals surface area contributed by atoms with E-state index in [0.717, 1.165) is 27.9 Å². The van der Waals surface area contributed by atoms with Gasteiger partial charge in [0.05, 0.1) is 0 Å². The summed E-state index contributed by atoms with van der Waals surface area (Å²) >= 11 is 0. The van der Waals surface area contributed by atoms with Crippen LogP contribution in [0.5, 0.6) is 0 Å². The summed E-state index contributed by atoms with van der Waals surface area (Å²) in [6.07, 6.45) is -0.270. The van der Waals surface area contributed by atoms with Crippen molar-refractivity contribution in [2.24, 2.45) is 0 Å². The second-order valence-electron chi connectivity index (χ2n) is 7.19. The lowest BCUT2D eigenvalue weighted by molar-refractivity contribution is -0.118. The predicted octanol–water partition coefficient (Wildman–Crippen LogP) is 4.78. The lowest BCUT2D eigenvalue weighted by Gasteiger charge is -2.19. The Morgan fingerprint density at radius 1 is 0.833 bits per heavy atom. The Morgan fingerprint density at radius 2 is 1.47 bits per heavy atom. The van der Waals surface area contributed by atoms with Gasteiger partial charge in [-0.05, 0) is 42.2 Å². The van der Waals surface area contributed by atoms with Gasteiger partial charge in [-0.25, -0.2) is 4.79 Å². The minimum atomic E-state index is -0.768. The second kappa shape index (κ2) is 10.3. The van der Waals surface area contributed by atoms with Crippen molar-refractivity contribution in [3.05, 3.63) is 101 Å². The number of hydrogen-bond donors (Lipinski definition) is 2. The minimum absolute atomic E-state index is 0.142. The van der Waals surface area contributed by atoms with E-state index >= 15 is 0 Å². The molecule has 0 aliphatic carbocycles. The maximum Gasteiger partial charge on any atom is 0.408 e. The number of aryl methyl sites for hydroxylation is 1. The molecule has 0 saturated heterocycles. The summed E-state index contributed by atoms with van der Waals surface area (Å²) in [6.45, 7) is 4.09. The summed E-state index contributed by atoms with van der Waals surface area (Å²) < 4.78 is 5.31. The highest BCUT2D eigenvalue weighted by atomic mass is 16.5. The van der Waals surface area contributed by atoms with Crippen molar-refractivity contribution >= 4 is 17.7 Å². The fourth-order valence-electron chi connectivity index (χ4n) is 3.07. The molecule has 3 rings (SSSR count). The average molecular weight is 402 g/mol. The summed E-state index contributed by atoms with van der Waals surface area (Å²) in [5.41, 5.74) is 4.64. The summed E-state index contributed by atoms with van der Waals surface area (Å²) in [6, 6.07) is 24.0. The van der Waals surface area contributed by atoms with Crippen LogP contribution < -0.4 is 10.6 Å². The Hall–Kier alpha value is -3.60. The molecular weight excluding hydrogens is 376 g/mol. The number of anilines is 1. The third kappa shape index (κ3) is 5.95. The lowest BCUT2D eigenvalue weighted by atomic mass is 10.0. The van der Waals surface area contributed by atoms with Gasteiger partial charge in [0.2, 0.25) is 5.91 Å². The molecule has 0 radical (unpaired) electrons. The zero-order chi connectivity index (χ0) is 21.3. The van der Waals surface area contributed by atoms with Crippen LogP contribution in [0.1, 0.15) is 22.3 Å². The topological polar surface area (TPSA) is 67.4 Å². The Labute approximate surface area is 177 Å². The molecule has 2 amide bonds. The first kappa shape index (κ1) is 21.1. The number of rotatable bonds is 7. The molecular formula is C25H26N2O3. The highest BCUT2D eigenvalue weighted by Gasteiger charge is 2.23. The van der Waals surface area contributed by atoms with Gasteiger partial charge in [0, 0.05) is 12.1 Å². The molecule has 0 unspecified atom stereocenters. The maximum atomic E-state index is 13.0. The first-order valence-corrected chi connectivity index (χ1v) is 9.91. The van der Waals surface area contributed by atoms with Crippen LogP contribution in [0.3, 0.4) is 0 Å². The molecule has 0 aromatic heterocycles. The molecule has 30 heavy (non-hydrogen) atoms. The molecule has 0 saturated carbocycles. The first-order valence-electron chi connectivity index (χ1n) is 9.91. The maximum absolute atomic E-state index is 13.0. The van der Waals surface area contributed by atoms with Gasteiger partial charge in [-0.1, -0.05) is 72.8 Å². The summed E-state index contributed by atoms with van der Waals surface area (Å²) in [5, 5.41) is 5.66. The monoisotopic (exact) mass is 402 g/mol. The van der Waals surface area contributed by atoms with E-state index in [1.807, 2.05) is 92.7 Å². The normalized spacial score (nSPS) is 11.4. The zero-order valence-electron chi connectivity index (χ0n) is 17.2. The molecule has 5 heteroatoms. The third-order valence-corrected chi connectivity index (χ3v) is 4.97. The van der Waals surface area contributed by atoms with Gasteiger partial charge >= 0.3 is 6.09 Å². The van der Waals surface area contributed by atoms with Crippen molar-refractivity contribution in [2.45, 2.75) is 32.9 Å². The van der Waals surface area contributed by atoms with Gasteiger partial charge < -0.3 is 15.4 Å². The predicted molar refractivity (Wildman–Crippen MR) is 118 cm³/mol. The van der Waals surface area contributed by atoms with Gasteiger partial charge in [0.15, 0.2) is 0 Å². The Balaban J connectivity index is 1.70. The van der Waals surface area contributed by atoms with Crippen molar-refractivity contribution in [1.82, 2.24) is 5.32 Å². The van der Waals surface area contributed by atoms with E-state index in [1.54, 1.807) is 0 Å².